The first-order valence-electron chi connectivity index (χ1n) is 16.5. The van der Waals surface area contributed by atoms with Crippen LogP contribution in [-0.4, -0.2) is 99.4 Å². The van der Waals surface area contributed by atoms with Crippen molar-refractivity contribution in [1.29, 1.82) is 0 Å². The molecule has 2 saturated heterocycles. The molecule has 1 aromatic rings. The molecule has 0 spiro atoms. The van der Waals surface area contributed by atoms with Crippen LogP contribution in [0.4, 0.5) is 0 Å². The lowest BCUT2D eigenvalue weighted by Crippen LogP contribution is -2.77. The van der Waals surface area contributed by atoms with Crippen molar-refractivity contribution in [1.82, 2.24) is 0 Å². The number of aliphatic hydroxyl groups is 2. The number of esters is 2. The van der Waals surface area contributed by atoms with Crippen molar-refractivity contribution in [2.24, 2.45) is 17.8 Å². The molecule has 2 bridgehead atoms. The number of aliphatic carboxylic acids is 2. The highest BCUT2D eigenvalue weighted by Crippen LogP contribution is 2.56. The zero-order valence-corrected chi connectivity index (χ0v) is 29.0. The predicted octanol–water partition coefficient (Wildman–Crippen LogP) is 3.45. The predicted molar refractivity (Wildman–Crippen MR) is 175 cm³/mol. The number of allylic oxidation sites excluding steroid dienone is 1. The lowest BCUT2D eigenvalue weighted by molar-refractivity contribution is -0.383. The van der Waals surface area contributed by atoms with Crippen LogP contribution >= 0.6 is 0 Å². The molecule has 272 valence electrons. The van der Waals surface area contributed by atoms with E-state index in [-0.39, 0.29) is 24.7 Å². The van der Waals surface area contributed by atoms with E-state index in [2.05, 4.69) is 13.5 Å². The van der Waals surface area contributed by atoms with Gasteiger partial charge in [0.05, 0.1) is 6.61 Å². The average molecular weight is 691 g/mol. The maximum atomic E-state index is 13.1. The Morgan fingerprint density at radius 3 is 2.29 bits per heavy atom. The van der Waals surface area contributed by atoms with Crippen LogP contribution in [0.15, 0.2) is 54.6 Å². The molecule has 0 saturated carbocycles. The Balaban J connectivity index is 2.00. The SMILES string of the molecule is C=C(CC[C@]12O[C@H](COC)[C@@](O)(C(=O)O)[C@](C(=O)O)(O1)[C@H](OC(=O)/C=C/[C@@H](C)C[C@@H](C)CC)[C@H]2O)[C@@H](OC(C)=O)[C@H](C)Cc1ccccc1. The zero-order valence-electron chi connectivity index (χ0n) is 29.0. The number of hydrogen-bond donors (Lipinski definition) is 4. The third kappa shape index (κ3) is 8.24. The van der Waals surface area contributed by atoms with Gasteiger partial charge >= 0.3 is 23.9 Å². The molecule has 0 aromatic heterocycles. The van der Waals surface area contributed by atoms with E-state index in [1.807, 2.05) is 51.1 Å². The molecule has 13 nitrogen and oxygen atoms in total. The Hall–Kier alpha value is -3.62. The van der Waals surface area contributed by atoms with Crippen LogP contribution in [0, 0.1) is 17.8 Å². The van der Waals surface area contributed by atoms with E-state index in [4.69, 9.17) is 23.7 Å². The van der Waals surface area contributed by atoms with Gasteiger partial charge in [-0.05, 0) is 42.2 Å². The summed E-state index contributed by atoms with van der Waals surface area (Å²) >= 11 is 0. The van der Waals surface area contributed by atoms with E-state index >= 15 is 0 Å². The summed E-state index contributed by atoms with van der Waals surface area (Å²) < 4.78 is 28.0. The second-order valence-electron chi connectivity index (χ2n) is 13.3. The third-order valence-electron chi connectivity index (χ3n) is 9.49. The maximum absolute atomic E-state index is 13.1. The summed E-state index contributed by atoms with van der Waals surface area (Å²) in [6.07, 6.45) is -2.68. The second kappa shape index (κ2) is 16.4. The van der Waals surface area contributed by atoms with Gasteiger partial charge in [-0.25, -0.2) is 14.4 Å². The normalized spacial score (nSPS) is 30.2. The third-order valence-corrected chi connectivity index (χ3v) is 9.49. The lowest BCUT2D eigenvalue weighted by atomic mass is 9.74. The fourth-order valence-corrected chi connectivity index (χ4v) is 6.77. The highest BCUT2D eigenvalue weighted by Gasteiger charge is 2.84. The first-order valence-corrected chi connectivity index (χ1v) is 16.5. The summed E-state index contributed by atoms with van der Waals surface area (Å²) in [5, 5.41) is 44.3. The molecule has 0 amide bonds. The van der Waals surface area contributed by atoms with Crippen LogP contribution in [-0.2, 0) is 49.3 Å². The molecule has 10 atom stereocenters. The van der Waals surface area contributed by atoms with Gasteiger partial charge in [-0.2, -0.15) is 0 Å². The van der Waals surface area contributed by atoms with Gasteiger partial charge in [0.15, 0.2) is 6.10 Å². The van der Waals surface area contributed by atoms with E-state index < -0.39 is 71.9 Å². The molecule has 2 aliphatic rings. The maximum Gasteiger partial charge on any atom is 0.344 e. The molecular formula is C36H50O13. The van der Waals surface area contributed by atoms with E-state index in [0.29, 0.717) is 17.9 Å². The molecule has 2 aliphatic heterocycles. The molecule has 0 aliphatic carbocycles. The number of ether oxygens (including phenoxy) is 5. The monoisotopic (exact) mass is 690 g/mol. The zero-order chi connectivity index (χ0) is 36.7. The minimum absolute atomic E-state index is 0.0583. The minimum Gasteiger partial charge on any atom is -0.479 e. The lowest BCUT2D eigenvalue weighted by Gasteiger charge is -2.50. The number of fused-ring (bicyclic) bond motifs is 2. The minimum atomic E-state index is -3.39. The number of benzene rings is 1. The number of carbonyl (C=O) groups excluding carboxylic acids is 2. The van der Waals surface area contributed by atoms with Crippen molar-refractivity contribution in [3.63, 3.8) is 0 Å². The van der Waals surface area contributed by atoms with Gasteiger partial charge in [0.1, 0.15) is 18.3 Å². The topological polar surface area (TPSA) is 195 Å². The number of hydrogen-bond acceptors (Lipinski definition) is 11. The highest BCUT2D eigenvalue weighted by atomic mass is 16.8. The fraction of sp³-hybridized carbons (Fsp3) is 0.611. The number of carboxylic acid groups (broad SMARTS) is 2. The standard InChI is InChI=1S/C36H50O13/c1-8-21(2)18-22(3)14-15-28(38)47-31-30(39)34(48-27(20-45-7)35(44,32(40)41)36(31,49-34)33(42)43)17-16-23(4)29(46-25(6)37)24(5)19-26-12-10-9-11-13-26/h9-15,21-22,24,27,29-31,39,44H,4,8,16-20H2,1-3,5-7H3,(H,40,41)(H,42,43)/b15-14+/t21-,22+,24+,27+,29+,30+,31+,34-,35+,36-/m0/s1. The Bertz CT molecular complexity index is 1380. The van der Waals surface area contributed by atoms with Crippen molar-refractivity contribution >= 4 is 23.9 Å². The number of rotatable bonds is 18. The van der Waals surface area contributed by atoms with Gasteiger partial charge in [-0.3, -0.25) is 4.79 Å². The number of carbonyl (C=O) groups is 4. The van der Waals surface area contributed by atoms with Crippen LogP contribution in [0.3, 0.4) is 0 Å². The number of methoxy groups -OCH3 is 1. The second-order valence-corrected chi connectivity index (χ2v) is 13.3. The summed E-state index contributed by atoms with van der Waals surface area (Å²) in [6, 6.07) is 9.49. The van der Waals surface area contributed by atoms with Crippen molar-refractivity contribution in [3.05, 3.63) is 60.2 Å². The molecule has 49 heavy (non-hydrogen) atoms. The largest absolute Gasteiger partial charge is 0.479 e. The van der Waals surface area contributed by atoms with E-state index in [1.54, 1.807) is 6.08 Å². The Morgan fingerprint density at radius 1 is 1.08 bits per heavy atom. The average Bonchev–Trinajstić information content (AvgIpc) is 3.26. The van der Waals surface area contributed by atoms with Crippen LogP contribution in [0.2, 0.25) is 0 Å². The molecule has 2 heterocycles. The van der Waals surface area contributed by atoms with Crippen LogP contribution < -0.4 is 0 Å². The van der Waals surface area contributed by atoms with Gasteiger partial charge in [-0.15, -0.1) is 0 Å². The van der Waals surface area contributed by atoms with E-state index in [1.165, 1.54) is 14.0 Å². The van der Waals surface area contributed by atoms with Crippen LogP contribution in [0.25, 0.3) is 0 Å². The van der Waals surface area contributed by atoms with Crippen LogP contribution in [0.1, 0.15) is 65.9 Å². The quantitative estimate of drug-likeness (QED) is 0.0995. The van der Waals surface area contributed by atoms with Crippen molar-refractivity contribution in [2.45, 2.75) is 108 Å². The molecule has 3 rings (SSSR count). The summed E-state index contributed by atoms with van der Waals surface area (Å²) in [6.45, 7) is 12.6. The first-order chi connectivity index (χ1) is 23.0. The van der Waals surface area contributed by atoms with Crippen molar-refractivity contribution in [3.8, 4) is 0 Å². The number of carboxylic acids is 2. The Morgan fingerprint density at radius 2 is 1.73 bits per heavy atom. The van der Waals surface area contributed by atoms with Crippen LogP contribution in [0.5, 0.6) is 0 Å². The van der Waals surface area contributed by atoms with Gasteiger partial charge < -0.3 is 44.1 Å². The van der Waals surface area contributed by atoms with E-state index in [9.17, 15) is 39.6 Å². The molecule has 0 unspecified atom stereocenters. The smallest absolute Gasteiger partial charge is 0.344 e. The van der Waals surface area contributed by atoms with Gasteiger partial charge in [0, 0.05) is 32.4 Å². The van der Waals surface area contributed by atoms with Crippen molar-refractivity contribution in [2.75, 3.05) is 13.7 Å². The molecule has 13 heteroatoms. The molecular weight excluding hydrogens is 640 g/mol. The Kier molecular flexibility index (Phi) is 13.3. The molecule has 4 N–H and O–H groups in total. The van der Waals surface area contributed by atoms with E-state index in [0.717, 1.165) is 24.5 Å². The molecule has 2 fully saturated rings. The summed E-state index contributed by atoms with van der Waals surface area (Å²) in [5.74, 6) is -8.01. The molecule has 1 aromatic carbocycles. The first kappa shape index (κ1) is 39.8. The summed E-state index contributed by atoms with van der Waals surface area (Å²) in [4.78, 5) is 51.0. The molecule has 0 radical (unpaired) electrons. The summed E-state index contributed by atoms with van der Waals surface area (Å²) in [7, 11) is 1.18. The highest BCUT2D eigenvalue weighted by molar-refractivity contribution is 5.94. The van der Waals surface area contributed by atoms with Crippen molar-refractivity contribution < 1.29 is 63.3 Å². The Labute approximate surface area is 286 Å². The van der Waals surface area contributed by atoms with Gasteiger partial charge in [0.25, 0.3) is 0 Å². The summed E-state index contributed by atoms with van der Waals surface area (Å²) in [5.41, 5.74) is -5.27. The van der Waals surface area contributed by atoms with Gasteiger partial charge in [-0.1, -0.05) is 77.1 Å². The fourth-order valence-electron chi connectivity index (χ4n) is 6.77. The van der Waals surface area contributed by atoms with Gasteiger partial charge in [0.2, 0.25) is 17.0 Å². The number of aliphatic hydroxyl groups excluding tert-OH is 1.